The van der Waals surface area contributed by atoms with Crippen LogP contribution in [0.25, 0.3) is 5.69 Å². The molecular weight excluding hydrogens is 240 g/mol. The highest BCUT2D eigenvalue weighted by atomic mass is 16.1. The number of aryl methyl sites for hydroxylation is 1. The van der Waals surface area contributed by atoms with Crippen LogP contribution >= 0.6 is 0 Å². The van der Waals surface area contributed by atoms with E-state index in [2.05, 4.69) is 4.98 Å². The largest absolute Gasteiger partial charge is 0.285 e. The second kappa shape index (κ2) is 3.63. The van der Waals surface area contributed by atoms with Crippen molar-refractivity contribution in [2.45, 2.75) is 25.7 Å². The number of hydrogen-bond acceptors (Lipinski definition) is 3. The normalized spacial score (nSPS) is 15.9. The Hall–Kier alpha value is -2.23. The number of ketones is 1. The van der Waals surface area contributed by atoms with Crippen molar-refractivity contribution in [2.24, 2.45) is 0 Å². The first-order valence-corrected chi connectivity index (χ1v) is 6.56. The number of carbonyl (C=O) groups is 1. The summed E-state index contributed by atoms with van der Waals surface area (Å²) in [5.41, 5.74) is 2.81. The highest BCUT2D eigenvalue weighted by molar-refractivity contribution is 6.12. The zero-order valence-corrected chi connectivity index (χ0v) is 10.3. The highest BCUT2D eigenvalue weighted by Gasteiger charge is 2.31. The number of hydrogen-bond donors (Lipinski definition) is 0. The highest BCUT2D eigenvalue weighted by Crippen LogP contribution is 2.26. The average molecular weight is 252 g/mol. The lowest BCUT2D eigenvalue weighted by Gasteiger charge is -2.15. The SMILES string of the molecule is O=C1c2ccccc2-n2c1nc1c(c2=O)CCCC1. The lowest BCUT2D eigenvalue weighted by molar-refractivity contribution is 0.103. The van der Waals surface area contributed by atoms with Gasteiger partial charge in [0.05, 0.1) is 16.9 Å². The Morgan fingerprint density at radius 2 is 1.84 bits per heavy atom. The maximum atomic E-state index is 12.6. The number of aromatic nitrogens is 2. The van der Waals surface area contributed by atoms with Crippen LogP contribution in [0, 0.1) is 0 Å². The summed E-state index contributed by atoms with van der Waals surface area (Å²) in [6, 6.07) is 7.22. The van der Waals surface area contributed by atoms with E-state index in [1.165, 1.54) is 4.57 Å². The molecule has 0 N–H and O–H groups in total. The van der Waals surface area contributed by atoms with Crippen LogP contribution in [0.15, 0.2) is 29.1 Å². The Morgan fingerprint density at radius 1 is 1.05 bits per heavy atom. The topological polar surface area (TPSA) is 52.0 Å². The van der Waals surface area contributed by atoms with Gasteiger partial charge in [0.2, 0.25) is 5.78 Å². The van der Waals surface area contributed by atoms with Gasteiger partial charge in [0.1, 0.15) is 0 Å². The van der Waals surface area contributed by atoms with Gasteiger partial charge in [0, 0.05) is 5.56 Å². The van der Waals surface area contributed by atoms with Gasteiger partial charge < -0.3 is 0 Å². The molecule has 0 unspecified atom stereocenters. The molecule has 0 atom stereocenters. The van der Waals surface area contributed by atoms with Crippen molar-refractivity contribution < 1.29 is 4.79 Å². The summed E-state index contributed by atoms with van der Waals surface area (Å²) in [5.74, 6) is 0.146. The standard InChI is InChI=1S/C15H12N2O2/c18-13-10-6-2-4-8-12(10)17-14(13)16-11-7-3-1-5-9(11)15(17)19/h2,4,6,8H,1,3,5,7H2. The van der Waals surface area contributed by atoms with E-state index < -0.39 is 0 Å². The third-order valence-corrected chi connectivity index (χ3v) is 3.95. The van der Waals surface area contributed by atoms with E-state index in [0.717, 1.165) is 36.9 Å². The van der Waals surface area contributed by atoms with E-state index in [-0.39, 0.29) is 17.2 Å². The Morgan fingerprint density at radius 3 is 2.74 bits per heavy atom. The van der Waals surface area contributed by atoms with Gasteiger partial charge in [-0.3, -0.25) is 14.2 Å². The predicted octanol–water partition coefficient (Wildman–Crippen LogP) is 1.66. The van der Waals surface area contributed by atoms with Crippen LogP contribution < -0.4 is 5.56 Å². The molecule has 0 fully saturated rings. The molecule has 1 aliphatic carbocycles. The zero-order chi connectivity index (χ0) is 13.0. The second-order valence-electron chi connectivity index (χ2n) is 5.05. The lowest BCUT2D eigenvalue weighted by atomic mass is 9.97. The molecule has 0 spiro atoms. The summed E-state index contributed by atoms with van der Waals surface area (Å²) < 4.78 is 1.49. The Kier molecular flexibility index (Phi) is 2.04. The van der Waals surface area contributed by atoms with Crippen LogP contribution in [0.5, 0.6) is 0 Å². The van der Waals surface area contributed by atoms with Crippen molar-refractivity contribution in [1.82, 2.24) is 9.55 Å². The lowest BCUT2D eigenvalue weighted by Crippen LogP contribution is -2.29. The van der Waals surface area contributed by atoms with E-state index in [1.807, 2.05) is 18.2 Å². The molecule has 0 saturated carbocycles. The van der Waals surface area contributed by atoms with Crippen LogP contribution in [0.1, 0.15) is 40.3 Å². The van der Waals surface area contributed by atoms with Gasteiger partial charge in [-0.15, -0.1) is 0 Å². The predicted molar refractivity (Wildman–Crippen MR) is 69.9 cm³/mol. The number of fused-ring (bicyclic) bond motifs is 4. The van der Waals surface area contributed by atoms with Crippen LogP contribution in [0.4, 0.5) is 0 Å². The molecule has 0 bridgehead atoms. The maximum Gasteiger partial charge on any atom is 0.261 e. The van der Waals surface area contributed by atoms with E-state index in [1.54, 1.807) is 6.07 Å². The van der Waals surface area contributed by atoms with Crippen molar-refractivity contribution in [2.75, 3.05) is 0 Å². The minimum Gasteiger partial charge on any atom is -0.285 e. The van der Waals surface area contributed by atoms with Gasteiger partial charge >= 0.3 is 0 Å². The zero-order valence-electron chi connectivity index (χ0n) is 10.3. The van der Waals surface area contributed by atoms with Gasteiger partial charge in [0.25, 0.3) is 5.56 Å². The maximum absolute atomic E-state index is 12.6. The number of nitrogens with zero attached hydrogens (tertiary/aromatic N) is 2. The van der Waals surface area contributed by atoms with Gasteiger partial charge in [-0.25, -0.2) is 4.98 Å². The van der Waals surface area contributed by atoms with Crippen molar-refractivity contribution in [1.29, 1.82) is 0 Å². The minimum absolute atomic E-state index is 0.0574. The van der Waals surface area contributed by atoms with Gasteiger partial charge in [-0.1, -0.05) is 12.1 Å². The fourth-order valence-electron chi connectivity index (χ4n) is 3.01. The number of para-hydroxylation sites is 1. The fourth-order valence-corrected chi connectivity index (χ4v) is 3.01. The monoisotopic (exact) mass is 252 g/mol. The third kappa shape index (κ3) is 1.31. The van der Waals surface area contributed by atoms with Crippen LogP contribution in [-0.2, 0) is 12.8 Å². The molecule has 4 heteroatoms. The molecule has 4 rings (SSSR count). The van der Waals surface area contributed by atoms with Crippen molar-refractivity contribution in [3.63, 3.8) is 0 Å². The Labute approximate surface area is 109 Å². The summed E-state index contributed by atoms with van der Waals surface area (Å²) in [5, 5.41) is 0. The van der Waals surface area contributed by atoms with Gasteiger partial charge in [-0.05, 0) is 37.8 Å². The fraction of sp³-hybridized carbons (Fsp3) is 0.267. The smallest absolute Gasteiger partial charge is 0.261 e. The molecule has 0 radical (unpaired) electrons. The summed E-state index contributed by atoms with van der Waals surface area (Å²) >= 11 is 0. The molecule has 4 nitrogen and oxygen atoms in total. The molecule has 94 valence electrons. The molecular formula is C15H12N2O2. The van der Waals surface area contributed by atoms with Crippen molar-refractivity contribution in [3.8, 4) is 5.69 Å². The molecule has 0 saturated heterocycles. The first-order chi connectivity index (χ1) is 9.27. The summed E-state index contributed by atoms with van der Waals surface area (Å²) in [6.45, 7) is 0. The molecule has 0 amide bonds. The molecule has 2 aromatic rings. The van der Waals surface area contributed by atoms with Crippen LogP contribution in [0.2, 0.25) is 0 Å². The van der Waals surface area contributed by atoms with E-state index >= 15 is 0 Å². The van der Waals surface area contributed by atoms with Crippen molar-refractivity contribution >= 4 is 5.78 Å². The van der Waals surface area contributed by atoms with E-state index in [9.17, 15) is 9.59 Å². The van der Waals surface area contributed by atoms with E-state index in [4.69, 9.17) is 0 Å². The van der Waals surface area contributed by atoms with Gasteiger partial charge in [-0.2, -0.15) is 0 Å². The molecule has 2 heterocycles. The minimum atomic E-state index is -0.138. The van der Waals surface area contributed by atoms with E-state index in [0.29, 0.717) is 11.3 Å². The average Bonchev–Trinajstić information content (AvgIpc) is 2.74. The number of benzene rings is 1. The number of carbonyl (C=O) groups excluding carboxylic acids is 1. The summed E-state index contributed by atoms with van der Waals surface area (Å²) in [6.07, 6.45) is 3.66. The third-order valence-electron chi connectivity index (χ3n) is 3.95. The van der Waals surface area contributed by atoms with Crippen molar-refractivity contribution in [3.05, 3.63) is 57.3 Å². The van der Waals surface area contributed by atoms with Gasteiger partial charge in [0.15, 0.2) is 5.82 Å². The Balaban J connectivity index is 2.10. The summed E-state index contributed by atoms with van der Waals surface area (Å²) in [4.78, 5) is 29.4. The number of rotatable bonds is 0. The molecule has 1 aliphatic heterocycles. The second-order valence-corrected chi connectivity index (χ2v) is 5.05. The first kappa shape index (κ1) is 10.7. The van der Waals surface area contributed by atoms with Crippen LogP contribution in [0.3, 0.4) is 0 Å². The summed E-state index contributed by atoms with van der Waals surface area (Å²) in [7, 11) is 0. The quantitative estimate of drug-likeness (QED) is 0.611. The Bertz CT molecular complexity index is 774. The molecule has 1 aromatic heterocycles. The molecule has 1 aromatic carbocycles. The first-order valence-electron chi connectivity index (χ1n) is 6.56. The van der Waals surface area contributed by atoms with Crippen LogP contribution in [-0.4, -0.2) is 15.3 Å². The molecule has 19 heavy (non-hydrogen) atoms. The molecule has 2 aliphatic rings.